The molecule has 0 unspecified atom stereocenters. The lowest BCUT2D eigenvalue weighted by Gasteiger charge is -2.06. The lowest BCUT2D eigenvalue weighted by Crippen LogP contribution is -2.14. The van der Waals surface area contributed by atoms with Crippen molar-refractivity contribution in [3.63, 3.8) is 0 Å². The Morgan fingerprint density at radius 2 is 2.10 bits per heavy atom. The maximum atomic E-state index is 13.5. The molecule has 0 saturated heterocycles. The molecule has 0 aliphatic heterocycles. The van der Waals surface area contributed by atoms with Crippen LogP contribution in [-0.2, 0) is 13.2 Å². The quantitative estimate of drug-likeness (QED) is 0.865. The lowest BCUT2D eigenvalue weighted by molar-refractivity contribution is 0.288. The molecule has 21 heavy (non-hydrogen) atoms. The van der Waals surface area contributed by atoms with Gasteiger partial charge in [0.25, 0.3) is 0 Å². The molecule has 1 heterocycles. The minimum absolute atomic E-state index is 0.0433. The zero-order valence-corrected chi connectivity index (χ0v) is 12.6. The van der Waals surface area contributed by atoms with Gasteiger partial charge in [-0.3, -0.25) is 0 Å². The summed E-state index contributed by atoms with van der Waals surface area (Å²) in [6.07, 6.45) is 2.53. The zero-order chi connectivity index (χ0) is 14.8. The third-order valence-corrected chi connectivity index (χ3v) is 4.58. The Kier molecular flexibility index (Phi) is 4.22. The molecular formula is C16H17F2NOS. The van der Waals surface area contributed by atoms with Crippen LogP contribution in [0.3, 0.4) is 0 Å². The summed E-state index contributed by atoms with van der Waals surface area (Å²) in [5.74, 6) is -1.08. The van der Waals surface area contributed by atoms with E-state index in [0.29, 0.717) is 6.04 Å². The van der Waals surface area contributed by atoms with Crippen LogP contribution in [0.1, 0.15) is 28.2 Å². The fraction of sp³-hybridized carbons (Fsp3) is 0.375. The Morgan fingerprint density at radius 1 is 1.29 bits per heavy atom. The van der Waals surface area contributed by atoms with Crippen LogP contribution < -0.4 is 10.1 Å². The Labute approximate surface area is 126 Å². The Morgan fingerprint density at radius 3 is 2.86 bits per heavy atom. The molecule has 1 aliphatic rings. The second kappa shape index (κ2) is 6.12. The van der Waals surface area contributed by atoms with Crippen molar-refractivity contribution in [1.29, 1.82) is 0 Å². The predicted octanol–water partition coefficient (Wildman–Crippen LogP) is 4.17. The van der Waals surface area contributed by atoms with Gasteiger partial charge in [0.2, 0.25) is 0 Å². The van der Waals surface area contributed by atoms with E-state index in [1.54, 1.807) is 11.3 Å². The standard InChI is InChI=1S/C16H17F2NOS/c1-10-11(6-14(21-10)8-19-13-3-4-13)9-20-16-7-12(17)2-5-15(16)18/h2,5-7,13,19H,3-4,8-9H2,1H3. The highest BCUT2D eigenvalue weighted by molar-refractivity contribution is 7.12. The van der Waals surface area contributed by atoms with Gasteiger partial charge in [0, 0.05) is 34.0 Å². The van der Waals surface area contributed by atoms with Crippen LogP contribution in [0.4, 0.5) is 8.78 Å². The SMILES string of the molecule is Cc1sc(CNC2CC2)cc1COc1cc(F)ccc1F. The van der Waals surface area contributed by atoms with E-state index >= 15 is 0 Å². The first-order chi connectivity index (χ1) is 10.1. The zero-order valence-electron chi connectivity index (χ0n) is 11.8. The topological polar surface area (TPSA) is 21.3 Å². The van der Waals surface area contributed by atoms with Crippen LogP contribution in [-0.4, -0.2) is 6.04 Å². The monoisotopic (exact) mass is 309 g/mol. The van der Waals surface area contributed by atoms with Crippen LogP contribution in [0.5, 0.6) is 5.75 Å². The Balaban J connectivity index is 1.62. The number of ether oxygens (including phenoxy) is 1. The molecule has 1 saturated carbocycles. The van der Waals surface area contributed by atoms with E-state index in [-0.39, 0.29) is 12.4 Å². The second-order valence-electron chi connectivity index (χ2n) is 5.31. The Hall–Kier alpha value is -1.46. The Bertz CT molecular complexity index is 637. The average molecular weight is 309 g/mol. The number of halogens is 2. The third-order valence-electron chi connectivity index (χ3n) is 3.49. The first-order valence-electron chi connectivity index (χ1n) is 7.01. The molecule has 0 radical (unpaired) electrons. The molecule has 5 heteroatoms. The number of benzene rings is 1. The van der Waals surface area contributed by atoms with E-state index in [0.717, 1.165) is 35.2 Å². The number of hydrogen-bond donors (Lipinski definition) is 1. The van der Waals surface area contributed by atoms with Gasteiger partial charge in [-0.25, -0.2) is 8.78 Å². The van der Waals surface area contributed by atoms with Gasteiger partial charge in [0.05, 0.1) is 0 Å². The largest absolute Gasteiger partial charge is 0.486 e. The molecular weight excluding hydrogens is 292 g/mol. The molecule has 1 aromatic carbocycles. The van der Waals surface area contributed by atoms with Crippen molar-refractivity contribution in [2.45, 2.75) is 39.0 Å². The number of nitrogens with one attached hydrogen (secondary N) is 1. The van der Waals surface area contributed by atoms with E-state index in [4.69, 9.17) is 4.74 Å². The van der Waals surface area contributed by atoms with E-state index in [1.807, 2.05) is 6.92 Å². The molecule has 0 bridgehead atoms. The maximum Gasteiger partial charge on any atom is 0.165 e. The van der Waals surface area contributed by atoms with Crippen molar-refractivity contribution in [2.75, 3.05) is 0 Å². The van der Waals surface area contributed by atoms with Crippen molar-refractivity contribution in [3.05, 3.63) is 51.2 Å². The second-order valence-corrected chi connectivity index (χ2v) is 6.65. The molecule has 2 aromatic rings. The maximum absolute atomic E-state index is 13.5. The van der Waals surface area contributed by atoms with Crippen LogP contribution >= 0.6 is 11.3 Å². The van der Waals surface area contributed by atoms with Gasteiger partial charge in [-0.1, -0.05) is 0 Å². The number of thiophene rings is 1. The summed E-state index contributed by atoms with van der Waals surface area (Å²) < 4.78 is 32.0. The minimum Gasteiger partial charge on any atom is -0.486 e. The highest BCUT2D eigenvalue weighted by Gasteiger charge is 2.20. The molecule has 112 valence electrons. The molecule has 1 aliphatic carbocycles. The van der Waals surface area contributed by atoms with E-state index < -0.39 is 11.6 Å². The predicted molar refractivity (Wildman–Crippen MR) is 79.6 cm³/mol. The third kappa shape index (κ3) is 3.80. The van der Waals surface area contributed by atoms with Crippen LogP contribution in [0, 0.1) is 18.6 Å². The van der Waals surface area contributed by atoms with E-state index in [1.165, 1.54) is 17.7 Å². The lowest BCUT2D eigenvalue weighted by atomic mass is 10.2. The van der Waals surface area contributed by atoms with Gasteiger partial charge in [-0.05, 0) is 38.0 Å². The van der Waals surface area contributed by atoms with Gasteiger partial charge in [0.15, 0.2) is 11.6 Å². The van der Waals surface area contributed by atoms with Gasteiger partial charge >= 0.3 is 0 Å². The summed E-state index contributed by atoms with van der Waals surface area (Å²) in [6.45, 7) is 3.14. The van der Waals surface area contributed by atoms with Crippen LogP contribution in [0.25, 0.3) is 0 Å². The molecule has 0 atom stereocenters. The molecule has 1 N–H and O–H groups in total. The summed E-state index contributed by atoms with van der Waals surface area (Å²) in [6, 6.07) is 5.99. The molecule has 1 aromatic heterocycles. The molecule has 0 amide bonds. The summed E-state index contributed by atoms with van der Waals surface area (Å²) in [5.41, 5.74) is 1.02. The fourth-order valence-corrected chi connectivity index (χ4v) is 3.09. The summed E-state index contributed by atoms with van der Waals surface area (Å²) in [4.78, 5) is 2.40. The van der Waals surface area contributed by atoms with E-state index in [9.17, 15) is 8.78 Å². The first-order valence-corrected chi connectivity index (χ1v) is 7.83. The first kappa shape index (κ1) is 14.5. The highest BCUT2D eigenvalue weighted by Crippen LogP contribution is 2.26. The summed E-state index contributed by atoms with van der Waals surface area (Å²) >= 11 is 1.72. The van der Waals surface area contributed by atoms with Crippen molar-refractivity contribution in [1.82, 2.24) is 5.32 Å². The number of hydrogen-bond acceptors (Lipinski definition) is 3. The van der Waals surface area contributed by atoms with Gasteiger partial charge in [-0.15, -0.1) is 11.3 Å². The van der Waals surface area contributed by atoms with Gasteiger partial charge in [0.1, 0.15) is 12.4 Å². The average Bonchev–Trinajstić information content (AvgIpc) is 3.22. The smallest absolute Gasteiger partial charge is 0.165 e. The van der Waals surface area contributed by atoms with Gasteiger partial charge < -0.3 is 10.1 Å². The molecule has 1 fully saturated rings. The van der Waals surface area contributed by atoms with Crippen LogP contribution in [0.2, 0.25) is 0 Å². The van der Waals surface area contributed by atoms with Gasteiger partial charge in [-0.2, -0.15) is 0 Å². The fourth-order valence-electron chi connectivity index (χ4n) is 2.09. The van der Waals surface area contributed by atoms with Crippen molar-refractivity contribution in [2.24, 2.45) is 0 Å². The van der Waals surface area contributed by atoms with Crippen molar-refractivity contribution in [3.8, 4) is 5.75 Å². The number of aryl methyl sites for hydroxylation is 1. The van der Waals surface area contributed by atoms with Crippen LogP contribution in [0.15, 0.2) is 24.3 Å². The van der Waals surface area contributed by atoms with Crippen molar-refractivity contribution < 1.29 is 13.5 Å². The highest BCUT2D eigenvalue weighted by atomic mass is 32.1. The molecule has 0 spiro atoms. The minimum atomic E-state index is -0.542. The van der Waals surface area contributed by atoms with Crippen molar-refractivity contribution >= 4 is 11.3 Å². The van der Waals surface area contributed by atoms with E-state index in [2.05, 4.69) is 11.4 Å². The normalized spacial score (nSPS) is 14.4. The molecule has 2 nitrogen and oxygen atoms in total. The summed E-state index contributed by atoms with van der Waals surface area (Å²) in [7, 11) is 0. The number of rotatable bonds is 6. The molecule has 3 rings (SSSR count). The summed E-state index contributed by atoms with van der Waals surface area (Å²) in [5, 5.41) is 3.46.